The topological polar surface area (TPSA) is 42.9 Å². The molecule has 3 nitrogen and oxygen atoms in total. The number of nitrogens with two attached hydrogens (primary N) is 1. The Labute approximate surface area is 122 Å². The number of hydrogen-bond acceptors (Lipinski definition) is 2. The SMILES string of the molecule is Clc1ccccc1-c1ccc(C[NH2+]Cc2ccco2)o1. The summed E-state index contributed by atoms with van der Waals surface area (Å²) in [4.78, 5) is 0. The highest BCUT2D eigenvalue weighted by Crippen LogP contribution is 2.28. The fourth-order valence-corrected chi connectivity index (χ4v) is 2.31. The number of hydrogen-bond donors (Lipinski definition) is 1. The van der Waals surface area contributed by atoms with Gasteiger partial charge in [-0.3, -0.25) is 0 Å². The first-order chi connectivity index (χ1) is 9.83. The van der Waals surface area contributed by atoms with Gasteiger partial charge in [0.1, 0.15) is 18.8 Å². The molecule has 2 heterocycles. The second-order valence-electron chi connectivity index (χ2n) is 4.52. The molecule has 0 bridgehead atoms. The summed E-state index contributed by atoms with van der Waals surface area (Å²) in [7, 11) is 0. The summed E-state index contributed by atoms with van der Waals surface area (Å²) >= 11 is 6.16. The second-order valence-corrected chi connectivity index (χ2v) is 4.93. The van der Waals surface area contributed by atoms with E-state index in [9.17, 15) is 0 Å². The highest BCUT2D eigenvalue weighted by Gasteiger charge is 2.09. The number of furan rings is 2. The summed E-state index contributed by atoms with van der Waals surface area (Å²) in [5.41, 5.74) is 0.923. The summed E-state index contributed by atoms with van der Waals surface area (Å²) in [6, 6.07) is 15.5. The van der Waals surface area contributed by atoms with E-state index in [-0.39, 0.29) is 0 Å². The maximum absolute atomic E-state index is 6.16. The van der Waals surface area contributed by atoms with Crippen molar-refractivity contribution < 1.29 is 14.2 Å². The third-order valence-electron chi connectivity index (χ3n) is 3.07. The van der Waals surface area contributed by atoms with Gasteiger partial charge in [0.15, 0.2) is 11.5 Å². The Bertz CT molecular complexity index is 673. The van der Waals surface area contributed by atoms with E-state index in [2.05, 4.69) is 5.32 Å². The summed E-state index contributed by atoms with van der Waals surface area (Å²) in [6.45, 7) is 1.57. The molecule has 0 amide bonds. The molecule has 0 spiro atoms. The van der Waals surface area contributed by atoms with Crippen LogP contribution in [0.4, 0.5) is 0 Å². The second kappa shape index (κ2) is 5.99. The van der Waals surface area contributed by atoms with E-state index in [4.69, 9.17) is 20.4 Å². The molecule has 0 saturated carbocycles. The standard InChI is InChI=1S/C16H14ClNO2/c17-15-6-2-1-5-14(15)16-8-7-13(20-16)11-18-10-12-4-3-9-19-12/h1-9,18H,10-11H2/p+1. The third-order valence-corrected chi connectivity index (χ3v) is 3.40. The zero-order valence-electron chi connectivity index (χ0n) is 10.9. The fourth-order valence-electron chi connectivity index (χ4n) is 2.08. The van der Waals surface area contributed by atoms with Gasteiger partial charge in [-0.05, 0) is 36.4 Å². The van der Waals surface area contributed by atoms with Gasteiger partial charge in [0.25, 0.3) is 0 Å². The van der Waals surface area contributed by atoms with E-state index in [1.54, 1.807) is 6.26 Å². The molecule has 0 atom stereocenters. The van der Waals surface area contributed by atoms with Crippen LogP contribution in [0.3, 0.4) is 0 Å². The molecule has 2 aromatic heterocycles. The average molecular weight is 289 g/mol. The summed E-state index contributed by atoms with van der Waals surface area (Å²) in [5.74, 6) is 2.69. The predicted molar refractivity (Wildman–Crippen MR) is 77.2 cm³/mol. The van der Waals surface area contributed by atoms with Crippen molar-refractivity contribution in [3.8, 4) is 11.3 Å². The normalized spacial score (nSPS) is 10.8. The molecule has 0 unspecified atom stereocenters. The molecule has 3 rings (SSSR count). The van der Waals surface area contributed by atoms with Gasteiger partial charge in [0, 0.05) is 5.56 Å². The molecule has 20 heavy (non-hydrogen) atoms. The zero-order chi connectivity index (χ0) is 13.8. The van der Waals surface area contributed by atoms with Crippen LogP contribution in [0.25, 0.3) is 11.3 Å². The Morgan fingerprint density at radius 2 is 1.75 bits per heavy atom. The predicted octanol–water partition coefficient (Wildman–Crippen LogP) is 3.46. The number of rotatable bonds is 5. The molecule has 102 valence electrons. The Morgan fingerprint density at radius 3 is 2.55 bits per heavy atom. The molecule has 4 heteroatoms. The first-order valence-corrected chi connectivity index (χ1v) is 6.88. The van der Waals surface area contributed by atoms with Crippen molar-refractivity contribution in [2.45, 2.75) is 13.1 Å². The van der Waals surface area contributed by atoms with Gasteiger partial charge in [-0.2, -0.15) is 0 Å². The van der Waals surface area contributed by atoms with Gasteiger partial charge < -0.3 is 14.2 Å². The average Bonchev–Trinajstić information content (AvgIpc) is 3.11. The van der Waals surface area contributed by atoms with Crippen molar-refractivity contribution in [3.05, 3.63) is 71.3 Å². The van der Waals surface area contributed by atoms with Gasteiger partial charge in [-0.1, -0.05) is 23.7 Å². The van der Waals surface area contributed by atoms with Crippen molar-refractivity contribution in [2.24, 2.45) is 0 Å². The van der Waals surface area contributed by atoms with Crippen LogP contribution in [0.5, 0.6) is 0 Å². The van der Waals surface area contributed by atoms with Crippen molar-refractivity contribution in [3.63, 3.8) is 0 Å². The summed E-state index contributed by atoms with van der Waals surface area (Å²) in [6.07, 6.45) is 1.69. The largest absolute Gasteiger partial charge is 0.463 e. The minimum absolute atomic E-state index is 0.702. The Hall–Kier alpha value is -1.97. The van der Waals surface area contributed by atoms with Crippen molar-refractivity contribution in [1.82, 2.24) is 0 Å². The Balaban J connectivity index is 1.64. The molecule has 0 saturated heterocycles. The number of quaternary nitrogens is 1. The highest BCUT2D eigenvalue weighted by atomic mass is 35.5. The van der Waals surface area contributed by atoms with Crippen LogP contribution in [-0.4, -0.2) is 0 Å². The van der Waals surface area contributed by atoms with Crippen molar-refractivity contribution in [2.75, 3.05) is 0 Å². The van der Waals surface area contributed by atoms with Crippen molar-refractivity contribution in [1.29, 1.82) is 0 Å². The maximum atomic E-state index is 6.16. The van der Waals surface area contributed by atoms with Crippen LogP contribution in [0.15, 0.2) is 63.6 Å². The Kier molecular flexibility index (Phi) is 3.90. The fraction of sp³-hybridized carbons (Fsp3) is 0.125. The minimum Gasteiger partial charge on any atom is -0.463 e. The van der Waals surface area contributed by atoms with Gasteiger partial charge in [-0.15, -0.1) is 0 Å². The summed E-state index contributed by atoms with van der Waals surface area (Å²) < 4.78 is 11.1. The lowest BCUT2D eigenvalue weighted by molar-refractivity contribution is -0.689. The molecule has 1 aromatic carbocycles. The molecule has 0 radical (unpaired) electrons. The van der Waals surface area contributed by atoms with Crippen LogP contribution in [0.2, 0.25) is 5.02 Å². The third kappa shape index (κ3) is 2.95. The number of benzene rings is 1. The lowest BCUT2D eigenvalue weighted by atomic mass is 10.2. The minimum atomic E-state index is 0.702. The van der Waals surface area contributed by atoms with Crippen LogP contribution in [-0.2, 0) is 13.1 Å². The first-order valence-electron chi connectivity index (χ1n) is 6.50. The quantitative estimate of drug-likeness (QED) is 0.781. The van der Waals surface area contributed by atoms with Crippen molar-refractivity contribution >= 4 is 11.6 Å². The Morgan fingerprint density at radius 1 is 0.900 bits per heavy atom. The zero-order valence-corrected chi connectivity index (χ0v) is 11.6. The monoisotopic (exact) mass is 288 g/mol. The lowest BCUT2D eigenvalue weighted by Crippen LogP contribution is -2.80. The van der Waals surface area contributed by atoms with Crippen LogP contribution in [0, 0.1) is 0 Å². The molecule has 0 fully saturated rings. The highest BCUT2D eigenvalue weighted by molar-refractivity contribution is 6.33. The van der Waals surface area contributed by atoms with E-state index in [0.717, 1.165) is 35.9 Å². The van der Waals surface area contributed by atoms with Crippen LogP contribution < -0.4 is 5.32 Å². The number of halogens is 1. The van der Waals surface area contributed by atoms with E-state index >= 15 is 0 Å². The van der Waals surface area contributed by atoms with Gasteiger partial charge in [-0.25, -0.2) is 0 Å². The van der Waals surface area contributed by atoms with Crippen LogP contribution in [0.1, 0.15) is 11.5 Å². The van der Waals surface area contributed by atoms with E-state index < -0.39 is 0 Å². The molecular weight excluding hydrogens is 274 g/mol. The van der Waals surface area contributed by atoms with Gasteiger partial charge >= 0.3 is 0 Å². The summed E-state index contributed by atoms with van der Waals surface area (Å²) in [5, 5.41) is 2.83. The molecule has 0 aliphatic rings. The van der Waals surface area contributed by atoms with E-state index in [0.29, 0.717) is 5.02 Å². The molecule has 3 aromatic rings. The molecule has 2 N–H and O–H groups in total. The molecular formula is C16H15ClNO2+. The molecule has 0 aliphatic carbocycles. The van der Waals surface area contributed by atoms with Crippen LogP contribution >= 0.6 is 11.6 Å². The van der Waals surface area contributed by atoms with Gasteiger partial charge in [0.05, 0.1) is 11.3 Å². The molecule has 0 aliphatic heterocycles. The first kappa shape index (κ1) is 13.0. The smallest absolute Gasteiger partial charge is 0.158 e. The lowest BCUT2D eigenvalue weighted by Gasteiger charge is -2.00. The maximum Gasteiger partial charge on any atom is 0.158 e. The van der Waals surface area contributed by atoms with E-state index in [1.165, 1.54) is 0 Å². The van der Waals surface area contributed by atoms with E-state index in [1.807, 2.05) is 48.5 Å². The van der Waals surface area contributed by atoms with Gasteiger partial charge in [0.2, 0.25) is 0 Å².